The van der Waals surface area contributed by atoms with Crippen LogP contribution in [0, 0.1) is 0 Å². The van der Waals surface area contributed by atoms with Crippen molar-refractivity contribution in [2.75, 3.05) is 0 Å². The summed E-state index contributed by atoms with van der Waals surface area (Å²) in [6.45, 7) is 0. The average Bonchev–Trinajstić information content (AvgIpc) is 3.31. The summed E-state index contributed by atoms with van der Waals surface area (Å²) in [5.41, 5.74) is 3.00. The van der Waals surface area contributed by atoms with Crippen molar-refractivity contribution in [3.63, 3.8) is 0 Å². The van der Waals surface area contributed by atoms with Gasteiger partial charge in [-0.25, -0.2) is 0 Å². The number of H-pyrrole nitrogens is 1. The number of halogens is 3. The lowest BCUT2D eigenvalue weighted by atomic mass is 10.0. The number of hydrogen-bond acceptors (Lipinski definition) is 2. The van der Waals surface area contributed by atoms with Gasteiger partial charge in [-0.2, -0.15) is 13.2 Å². The zero-order valence-electron chi connectivity index (χ0n) is 17.6. The highest BCUT2D eigenvalue weighted by Gasteiger charge is 2.30. The lowest BCUT2D eigenvalue weighted by molar-refractivity contribution is -0.137. The van der Waals surface area contributed by atoms with Crippen molar-refractivity contribution in [3.8, 4) is 16.8 Å². The zero-order chi connectivity index (χ0) is 23.4. The van der Waals surface area contributed by atoms with Crippen LogP contribution in [0.15, 0.2) is 96.1 Å². The molecule has 0 spiro atoms. The van der Waals surface area contributed by atoms with Gasteiger partial charge in [0.1, 0.15) is 0 Å². The monoisotopic (exact) mass is 455 g/mol. The highest BCUT2D eigenvalue weighted by molar-refractivity contribution is 6.05. The first-order valence-corrected chi connectivity index (χ1v) is 10.6. The highest BCUT2D eigenvalue weighted by Crippen LogP contribution is 2.33. The van der Waals surface area contributed by atoms with Crippen LogP contribution in [0.25, 0.3) is 49.5 Å². The van der Waals surface area contributed by atoms with E-state index in [0.717, 1.165) is 34.2 Å². The molecule has 3 aromatic carbocycles. The molecule has 0 bridgehead atoms. The third-order valence-corrected chi connectivity index (χ3v) is 6.04. The SMILES string of the molecule is O=c1ccc2cnc3ccc(-c4ccc5[nH]ccc5c4)cc3c2n1-c1cccc(C(F)(F)F)c1. The van der Waals surface area contributed by atoms with Crippen molar-refractivity contribution in [3.05, 3.63) is 107 Å². The summed E-state index contributed by atoms with van der Waals surface area (Å²) in [6.07, 6.45) is -1.01. The van der Waals surface area contributed by atoms with Gasteiger partial charge in [0.15, 0.2) is 0 Å². The molecule has 7 heteroatoms. The Hall–Kier alpha value is -4.39. The van der Waals surface area contributed by atoms with E-state index in [2.05, 4.69) is 16.0 Å². The Balaban J connectivity index is 1.65. The summed E-state index contributed by atoms with van der Waals surface area (Å²) < 4.78 is 41.5. The molecule has 1 N–H and O–H groups in total. The molecule has 0 unspecified atom stereocenters. The molecule has 0 radical (unpaired) electrons. The summed E-state index contributed by atoms with van der Waals surface area (Å²) in [5, 5.41) is 2.40. The molecular formula is C27H16F3N3O. The van der Waals surface area contributed by atoms with Crippen LogP contribution in [0.5, 0.6) is 0 Å². The van der Waals surface area contributed by atoms with Crippen LogP contribution in [0.2, 0.25) is 0 Å². The topological polar surface area (TPSA) is 50.7 Å². The second kappa shape index (κ2) is 7.31. The lowest BCUT2D eigenvalue weighted by Gasteiger charge is -2.15. The molecule has 6 aromatic rings. The molecule has 0 saturated carbocycles. The fraction of sp³-hybridized carbons (Fsp3) is 0.0370. The molecule has 0 saturated heterocycles. The largest absolute Gasteiger partial charge is 0.416 e. The second-order valence-corrected chi connectivity index (χ2v) is 8.13. The number of pyridine rings is 2. The molecule has 4 nitrogen and oxygen atoms in total. The van der Waals surface area contributed by atoms with Gasteiger partial charge in [-0.05, 0) is 71.1 Å². The minimum absolute atomic E-state index is 0.150. The molecule has 3 heterocycles. The van der Waals surface area contributed by atoms with Crippen molar-refractivity contribution < 1.29 is 13.2 Å². The van der Waals surface area contributed by atoms with Crippen LogP contribution in [0.3, 0.4) is 0 Å². The summed E-state index contributed by atoms with van der Waals surface area (Å²) in [5.74, 6) is 0. The fourth-order valence-electron chi connectivity index (χ4n) is 4.40. The van der Waals surface area contributed by atoms with E-state index in [-0.39, 0.29) is 5.69 Å². The molecule has 0 aliphatic rings. The van der Waals surface area contributed by atoms with Crippen LogP contribution < -0.4 is 5.56 Å². The van der Waals surface area contributed by atoms with E-state index < -0.39 is 17.3 Å². The number of aromatic nitrogens is 3. The van der Waals surface area contributed by atoms with Crippen LogP contribution in [0.1, 0.15) is 5.56 Å². The van der Waals surface area contributed by atoms with Crippen LogP contribution >= 0.6 is 0 Å². The average molecular weight is 455 g/mol. The predicted molar refractivity (Wildman–Crippen MR) is 127 cm³/mol. The maximum absolute atomic E-state index is 13.4. The molecule has 0 aliphatic carbocycles. The van der Waals surface area contributed by atoms with Crippen LogP contribution in [-0.4, -0.2) is 14.5 Å². The van der Waals surface area contributed by atoms with Gasteiger partial charge in [0.05, 0.1) is 16.6 Å². The normalized spacial score (nSPS) is 12.1. The third kappa shape index (κ3) is 3.25. The van der Waals surface area contributed by atoms with E-state index in [9.17, 15) is 18.0 Å². The summed E-state index contributed by atoms with van der Waals surface area (Å²) in [7, 11) is 0. The van der Waals surface area contributed by atoms with Crippen molar-refractivity contribution in [2.45, 2.75) is 6.18 Å². The van der Waals surface area contributed by atoms with Gasteiger partial charge in [0, 0.05) is 40.4 Å². The number of alkyl halides is 3. The molecular weight excluding hydrogens is 439 g/mol. The highest BCUT2D eigenvalue weighted by atomic mass is 19.4. The van der Waals surface area contributed by atoms with E-state index >= 15 is 0 Å². The van der Waals surface area contributed by atoms with E-state index in [4.69, 9.17) is 0 Å². The molecule has 0 atom stereocenters. The van der Waals surface area contributed by atoms with Gasteiger partial charge in [-0.1, -0.05) is 18.2 Å². The van der Waals surface area contributed by atoms with E-state index in [1.807, 2.05) is 42.6 Å². The van der Waals surface area contributed by atoms with E-state index in [1.54, 1.807) is 12.3 Å². The maximum atomic E-state index is 13.4. The smallest absolute Gasteiger partial charge is 0.361 e. The molecule has 6 rings (SSSR count). The number of fused-ring (bicyclic) bond motifs is 4. The van der Waals surface area contributed by atoms with Crippen molar-refractivity contribution in [1.82, 2.24) is 14.5 Å². The van der Waals surface area contributed by atoms with Crippen LogP contribution in [-0.2, 0) is 6.18 Å². The second-order valence-electron chi connectivity index (χ2n) is 8.13. The molecule has 0 amide bonds. The molecule has 0 aliphatic heterocycles. The Bertz CT molecular complexity index is 1780. The van der Waals surface area contributed by atoms with Gasteiger partial charge >= 0.3 is 6.18 Å². The van der Waals surface area contributed by atoms with E-state index in [1.165, 1.54) is 22.8 Å². The third-order valence-electron chi connectivity index (χ3n) is 6.04. The number of rotatable bonds is 2. The Morgan fingerprint density at radius 1 is 0.824 bits per heavy atom. The van der Waals surface area contributed by atoms with E-state index in [0.29, 0.717) is 21.8 Å². The number of hydrogen-bond donors (Lipinski definition) is 1. The molecule has 34 heavy (non-hydrogen) atoms. The minimum atomic E-state index is -4.52. The number of aromatic amines is 1. The number of nitrogens with zero attached hydrogens (tertiary/aromatic N) is 2. The molecule has 0 fully saturated rings. The van der Waals surface area contributed by atoms with Crippen molar-refractivity contribution in [1.29, 1.82) is 0 Å². The first-order valence-electron chi connectivity index (χ1n) is 10.6. The first kappa shape index (κ1) is 20.2. The lowest BCUT2D eigenvalue weighted by Crippen LogP contribution is -2.18. The van der Waals surface area contributed by atoms with Gasteiger partial charge in [0.2, 0.25) is 0 Å². The van der Waals surface area contributed by atoms with Gasteiger partial charge in [-0.15, -0.1) is 0 Å². The Kier molecular flexibility index (Phi) is 4.35. The molecule has 3 aromatic heterocycles. The van der Waals surface area contributed by atoms with Gasteiger partial charge in [0.25, 0.3) is 5.56 Å². The quantitative estimate of drug-likeness (QED) is 0.295. The Labute approximate surface area is 190 Å². The predicted octanol–water partition coefficient (Wildman–Crippen LogP) is 6.71. The zero-order valence-corrected chi connectivity index (χ0v) is 17.6. The number of nitrogens with one attached hydrogen (secondary N) is 1. The maximum Gasteiger partial charge on any atom is 0.416 e. The fourth-order valence-corrected chi connectivity index (χ4v) is 4.40. The van der Waals surface area contributed by atoms with Crippen molar-refractivity contribution in [2.24, 2.45) is 0 Å². The Morgan fingerprint density at radius 2 is 1.65 bits per heavy atom. The number of benzene rings is 3. The van der Waals surface area contributed by atoms with Crippen LogP contribution in [0.4, 0.5) is 13.2 Å². The first-order chi connectivity index (χ1) is 16.4. The minimum Gasteiger partial charge on any atom is -0.361 e. The standard InChI is InChI=1S/C27H16F3N3O/c28-27(29,30)20-2-1-3-21(14-20)33-25(34)9-6-19-15-32-24-8-5-17(13-22(24)26(19)33)16-4-7-23-18(12-16)10-11-31-23/h1-15,31H. The summed E-state index contributed by atoms with van der Waals surface area (Å²) in [4.78, 5) is 20.6. The molecule has 166 valence electrons. The van der Waals surface area contributed by atoms with Gasteiger partial charge < -0.3 is 4.98 Å². The summed E-state index contributed by atoms with van der Waals surface area (Å²) in [6, 6.07) is 21.6. The summed E-state index contributed by atoms with van der Waals surface area (Å²) >= 11 is 0. The van der Waals surface area contributed by atoms with Crippen molar-refractivity contribution >= 4 is 32.7 Å². The van der Waals surface area contributed by atoms with Gasteiger partial charge in [-0.3, -0.25) is 14.3 Å². The Morgan fingerprint density at radius 3 is 2.50 bits per heavy atom.